The number of unbranched alkanes of at least 4 members (excludes halogenated alkanes) is 1. The average Bonchev–Trinajstić information content (AvgIpc) is 2.79. The molecule has 0 saturated carbocycles. The summed E-state index contributed by atoms with van der Waals surface area (Å²) in [5, 5.41) is 6.56. The van der Waals surface area contributed by atoms with Gasteiger partial charge >= 0.3 is 0 Å². The Morgan fingerprint density at radius 2 is 1.90 bits per heavy atom. The molecule has 1 aliphatic heterocycles. The van der Waals surface area contributed by atoms with Crippen LogP contribution in [0.25, 0.3) is 0 Å². The van der Waals surface area contributed by atoms with E-state index in [2.05, 4.69) is 65.8 Å². The predicted octanol–water partition coefficient (Wildman–Crippen LogP) is 4.71. The molecule has 0 aliphatic carbocycles. The zero-order valence-corrected chi connectivity index (χ0v) is 18.7. The van der Waals surface area contributed by atoms with Crippen molar-refractivity contribution >= 4 is 11.6 Å². The molecule has 2 aromatic carbocycles. The van der Waals surface area contributed by atoms with Crippen LogP contribution in [0.3, 0.4) is 0 Å². The van der Waals surface area contributed by atoms with Crippen molar-refractivity contribution in [3.05, 3.63) is 64.7 Å². The fourth-order valence-corrected chi connectivity index (χ4v) is 4.08. The number of aryl methyl sites for hydroxylation is 2. The Morgan fingerprint density at radius 1 is 1.03 bits per heavy atom. The average molecular weight is 408 g/mol. The Balaban J connectivity index is 1.42. The van der Waals surface area contributed by atoms with Crippen molar-refractivity contribution in [1.82, 2.24) is 10.6 Å². The Morgan fingerprint density at radius 3 is 2.73 bits per heavy atom. The van der Waals surface area contributed by atoms with Gasteiger partial charge in [0.25, 0.3) is 5.91 Å². The van der Waals surface area contributed by atoms with Crippen molar-refractivity contribution in [2.24, 2.45) is 0 Å². The molecular weight excluding hydrogens is 370 g/mol. The normalized spacial score (nSPS) is 13.2. The van der Waals surface area contributed by atoms with Crippen molar-refractivity contribution in [2.45, 2.75) is 58.9 Å². The van der Waals surface area contributed by atoms with Gasteiger partial charge in [-0.25, -0.2) is 0 Å². The molecule has 30 heavy (non-hydrogen) atoms. The molecule has 2 aromatic rings. The van der Waals surface area contributed by atoms with E-state index in [1.54, 1.807) is 0 Å². The number of anilines is 1. The molecule has 1 amide bonds. The number of amides is 1. The van der Waals surface area contributed by atoms with Crippen molar-refractivity contribution in [3.63, 3.8) is 0 Å². The Kier molecular flexibility index (Phi) is 8.76. The number of nitrogens with one attached hydrogen (secondary N) is 2. The summed E-state index contributed by atoms with van der Waals surface area (Å²) in [4.78, 5) is 15.1. The molecule has 0 bridgehead atoms. The van der Waals surface area contributed by atoms with E-state index in [0.717, 1.165) is 51.0 Å². The third kappa shape index (κ3) is 6.33. The van der Waals surface area contributed by atoms with E-state index < -0.39 is 0 Å². The van der Waals surface area contributed by atoms with E-state index >= 15 is 0 Å². The number of fused-ring (bicyclic) bond motifs is 1. The van der Waals surface area contributed by atoms with Gasteiger partial charge in [-0.05, 0) is 67.5 Å². The first-order valence-corrected chi connectivity index (χ1v) is 11.7. The minimum atomic E-state index is 0.0365. The minimum absolute atomic E-state index is 0.0365. The molecule has 4 nitrogen and oxygen atoms in total. The van der Waals surface area contributed by atoms with Gasteiger partial charge in [0.05, 0.1) is 0 Å². The molecule has 0 spiro atoms. The topological polar surface area (TPSA) is 44.4 Å². The molecule has 4 heteroatoms. The fraction of sp³-hybridized carbons (Fsp3) is 0.500. The van der Waals surface area contributed by atoms with Crippen LogP contribution in [0.2, 0.25) is 0 Å². The van der Waals surface area contributed by atoms with Gasteiger partial charge in [0.15, 0.2) is 0 Å². The van der Waals surface area contributed by atoms with E-state index in [9.17, 15) is 4.79 Å². The summed E-state index contributed by atoms with van der Waals surface area (Å²) in [5.74, 6) is 0.0365. The van der Waals surface area contributed by atoms with Crippen LogP contribution in [0.5, 0.6) is 0 Å². The standard InChI is InChI=1S/C26H37N3O/c1-3-5-16-29-17-7-11-23-12-13-24(19-25(23)29)26(30)28-15-8-14-27-20-22-10-6-9-21(4-2)18-22/h6,9-10,12-13,18-19,27H,3-5,7-8,11,14-17,20H2,1-2H3,(H,28,30). The number of hydrogen-bond donors (Lipinski definition) is 2. The lowest BCUT2D eigenvalue weighted by molar-refractivity contribution is 0.0953. The number of carbonyl (C=O) groups excluding carboxylic acids is 1. The van der Waals surface area contributed by atoms with Crippen LogP contribution in [-0.2, 0) is 19.4 Å². The Labute approximate surface area is 182 Å². The first kappa shape index (κ1) is 22.4. The molecule has 2 N–H and O–H groups in total. The van der Waals surface area contributed by atoms with Crippen LogP contribution in [0.15, 0.2) is 42.5 Å². The maximum atomic E-state index is 12.6. The van der Waals surface area contributed by atoms with E-state index in [1.807, 2.05) is 6.07 Å². The highest BCUT2D eigenvalue weighted by molar-refractivity contribution is 5.95. The summed E-state index contributed by atoms with van der Waals surface area (Å²) in [6.07, 6.45) is 6.71. The van der Waals surface area contributed by atoms with Crippen molar-refractivity contribution < 1.29 is 4.79 Å². The zero-order valence-electron chi connectivity index (χ0n) is 18.7. The second-order valence-corrected chi connectivity index (χ2v) is 8.25. The van der Waals surface area contributed by atoms with Crippen LogP contribution in [0, 0.1) is 0 Å². The van der Waals surface area contributed by atoms with Crippen LogP contribution in [0.1, 0.15) is 66.6 Å². The fourth-order valence-electron chi connectivity index (χ4n) is 4.08. The lowest BCUT2D eigenvalue weighted by Crippen LogP contribution is -2.31. The van der Waals surface area contributed by atoms with Gasteiger partial charge in [-0.1, -0.05) is 50.6 Å². The van der Waals surface area contributed by atoms with E-state index in [4.69, 9.17) is 0 Å². The summed E-state index contributed by atoms with van der Waals surface area (Å²) >= 11 is 0. The lowest BCUT2D eigenvalue weighted by atomic mass is 9.99. The second kappa shape index (κ2) is 11.8. The molecule has 0 aromatic heterocycles. The van der Waals surface area contributed by atoms with Gasteiger partial charge in [0.1, 0.15) is 0 Å². The number of rotatable bonds is 11. The zero-order chi connectivity index (χ0) is 21.2. The first-order valence-electron chi connectivity index (χ1n) is 11.7. The highest BCUT2D eigenvalue weighted by Crippen LogP contribution is 2.28. The minimum Gasteiger partial charge on any atom is -0.371 e. The molecule has 3 rings (SSSR count). The largest absolute Gasteiger partial charge is 0.371 e. The molecule has 0 fully saturated rings. The van der Waals surface area contributed by atoms with Gasteiger partial charge in [-0.3, -0.25) is 4.79 Å². The molecule has 0 unspecified atom stereocenters. The molecule has 1 aliphatic rings. The number of carbonyl (C=O) groups is 1. The van der Waals surface area contributed by atoms with Gasteiger partial charge in [-0.2, -0.15) is 0 Å². The third-order valence-corrected chi connectivity index (χ3v) is 5.89. The lowest BCUT2D eigenvalue weighted by Gasteiger charge is -2.31. The second-order valence-electron chi connectivity index (χ2n) is 8.25. The van der Waals surface area contributed by atoms with Crippen LogP contribution >= 0.6 is 0 Å². The van der Waals surface area contributed by atoms with Crippen molar-refractivity contribution in [3.8, 4) is 0 Å². The molecule has 1 heterocycles. The Bertz CT molecular complexity index is 818. The van der Waals surface area contributed by atoms with Crippen LogP contribution in [-0.4, -0.2) is 32.1 Å². The maximum Gasteiger partial charge on any atom is 0.251 e. The van der Waals surface area contributed by atoms with Crippen molar-refractivity contribution in [2.75, 3.05) is 31.1 Å². The maximum absolute atomic E-state index is 12.6. The van der Waals surface area contributed by atoms with Crippen molar-refractivity contribution in [1.29, 1.82) is 0 Å². The van der Waals surface area contributed by atoms with Gasteiger partial charge in [0, 0.05) is 37.4 Å². The summed E-state index contributed by atoms with van der Waals surface area (Å²) in [5.41, 5.74) is 6.12. The molecule has 0 radical (unpaired) electrons. The smallest absolute Gasteiger partial charge is 0.251 e. The quantitative estimate of drug-likeness (QED) is 0.530. The van der Waals surface area contributed by atoms with Gasteiger partial charge < -0.3 is 15.5 Å². The first-order chi connectivity index (χ1) is 14.7. The highest BCUT2D eigenvalue weighted by Gasteiger charge is 2.18. The summed E-state index contributed by atoms with van der Waals surface area (Å²) < 4.78 is 0. The number of hydrogen-bond acceptors (Lipinski definition) is 3. The van der Waals surface area contributed by atoms with Crippen LogP contribution in [0.4, 0.5) is 5.69 Å². The predicted molar refractivity (Wildman–Crippen MR) is 126 cm³/mol. The monoisotopic (exact) mass is 407 g/mol. The molecular formula is C26H37N3O. The molecule has 0 atom stereocenters. The summed E-state index contributed by atoms with van der Waals surface area (Å²) in [7, 11) is 0. The van der Waals surface area contributed by atoms with E-state index in [1.165, 1.54) is 41.6 Å². The molecule has 162 valence electrons. The van der Waals surface area contributed by atoms with E-state index in [0.29, 0.717) is 6.54 Å². The summed E-state index contributed by atoms with van der Waals surface area (Å²) in [6, 6.07) is 14.9. The number of nitrogens with zero attached hydrogens (tertiary/aromatic N) is 1. The van der Waals surface area contributed by atoms with Crippen LogP contribution < -0.4 is 15.5 Å². The summed E-state index contributed by atoms with van der Waals surface area (Å²) in [6.45, 7) is 9.06. The Hall–Kier alpha value is -2.33. The SMILES string of the molecule is CCCCN1CCCc2ccc(C(=O)NCCCNCc3cccc(CC)c3)cc21. The van der Waals surface area contributed by atoms with Gasteiger partial charge in [-0.15, -0.1) is 0 Å². The van der Waals surface area contributed by atoms with E-state index in [-0.39, 0.29) is 5.91 Å². The third-order valence-electron chi connectivity index (χ3n) is 5.89. The van der Waals surface area contributed by atoms with Gasteiger partial charge in [0.2, 0.25) is 0 Å². The number of benzene rings is 2. The molecule has 0 saturated heterocycles. The highest BCUT2D eigenvalue weighted by atomic mass is 16.1.